The molecule has 4 aromatic rings. The number of nitrogens with one attached hydrogen (secondary N) is 1. The Morgan fingerprint density at radius 1 is 1.05 bits per heavy atom. The second-order valence-corrected chi connectivity index (χ2v) is 10.0. The molecule has 1 saturated heterocycles. The van der Waals surface area contributed by atoms with E-state index in [1.54, 1.807) is 6.08 Å². The van der Waals surface area contributed by atoms with E-state index in [4.69, 9.17) is 11.6 Å². The molecule has 10 heteroatoms. The highest BCUT2D eigenvalue weighted by Crippen LogP contribution is 2.36. The van der Waals surface area contributed by atoms with Crippen LogP contribution in [0.2, 0.25) is 5.02 Å². The van der Waals surface area contributed by atoms with E-state index in [-0.39, 0.29) is 10.6 Å². The monoisotopic (exact) mass is 551 g/mol. The molecule has 38 heavy (non-hydrogen) atoms. The van der Waals surface area contributed by atoms with Crippen molar-refractivity contribution in [2.45, 2.75) is 13.5 Å². The summed E-state index contributed by atoms with van der Waals surface area (Å²) in [5, 5.41) is 3.19. The molecular weight excluding hydrogens is 532 g/mol. The van der Waals surface area contributed by atoms with Crippen LogP contribution in [0.1, 0.15) is 16.8 Å². The van der Waals surface area contributed by atoms with Crippen molar-refractivity contribution in [2.24, 2.45) is 0 Å². The van der Waals surface area contributed by atoms with E-state index in [1.165, 1.54) is 0 Å². The molecule has 0 atom stereocenters. The lowest BCUT2D eigenvalue weighted by atomic mass is 10.1. The van der Waals surface area contributed by atoms with Gasteiger partial charge in [-0.15, -0.1) is 0 Å². The molecule has 1 aliphatic heterocycles. The molecule has 192 valence electrons. The molecule has 1 fully saturated rings. The molecule has 0 bridgehead atoms. The van der Waals surface area contributed by atoms with E-state index in [1.807, 2.05) is 55.5 Å². The van der Waals surface area contributed by atoms with E-state index in [2.05, 4.69) is 9.88 Å². The van der Waals surface area contributed by atoms with E-state index >= 15 is 0 Å². The van der Waals surface area contributed by atoms with Gasteiger partial charge in [0.15, 0.2) is 0 Å². The number of hydrogen-bond donors (Lipinski definition) is 1. The lowest BCUT2D eigenvalue weighted by molar-refractivity contribution is -0.127. The van der Waals surface area contributed by atoms with Crippen LogP contribution in [0.25, 0.3) is 17.0 Å². The van der Waals surface area contributed by atoms with Gasteiger partial charge in [0.05, 0.1) is 10.6 Å². The number of fused-ring (bicyclic) bond motifs is 1. The standard InChI is InChI=1S/C28H20ClF2N3O3S/c1-16-20(19-7-3-5-9-24(19)33(16)14-17-6-2-4-8-21(17)29)13-25-27(36)34(28(37)38-25)15-26(35)32-23-11-10-18(30)12-22(23)31/h2-13H,14-15H2,1H3,(H,32,35)/b25-13-. The number of imide groups is 1. The number of aromatic nitrogens is 1. The van der Waals surface area contributed by atoms with Crippen molar-refractivity contribution in [3.63, 3.8) is 0 Å². The third kappa shape index (κ3) is 4.94. The van der Waals surface area contributed by atoms with Crippen LogP contribution in [-0.2, 0) is 16.1 Å². The Hall–Kier alpha value is -3.95. The topological polar surface area (TPSA) is 71.4 Å². The third-order valence-electron chi connectivity index (χ3n) is 6.22. The van der Waals surface area contributed by atoms with Crippen molar-refractivity contribution in [3.05, 3.63) is 105 Å². The summed E-state index contributed by atoms with van der Waals surface area (Å²) in [6, 6.07) is 18.0. The summed E-state index contributed by atoms with van der Waals surface area (Å²) in [5.74, 6) is -3.17. The Labute approximate surface area is 225 Å². The van der Waals surface area contributed by atoms with Crippen LogP contribution in [0.3, 0.4) is 0 Å². The summed E-state index contributed by atoms with van der Waals surface area (Å²) >= 11 is 7.12. The predicted molar refractivity (Wildman–Crippen MR) is 145 cm³/mol. The molecule has 5 rings (SSSR count). The van der Waals surface area contributed by atoms with E-state index < -0.39 is 35.2 Å². The van der Waals surface area contributed by atoms with E-state index in [0.717, 1.165) is 56.5 Å². The molecular formula is C28H20ClF2N3O3S. The minimum Gasteiger partial charge on any atom is -0.340 e. The fourth-order valence-electron chi connectivity index (χ4n) is 4.33. The van der Waals surface area contributed by atoms with Crippen molar-refractivity contribution < 1.29 is 23.2 Å². The minimum absolute atomic E-state index is 0.166. The van der Waals surface area contributed by atoms with Crippen molar-refractivity contribution >= 4 is 63.1 Å². The van der Waals surface area contributed by atoms with Gasteiger partial charge in [-0.3, -0.25) is 19.3 Å². The van der Waals surface area contributed by atoms with Gasteiger partial charge in [0.25, 0.3) is 11.1 Å². The summed E-state index contributed by atoms with van der Waals surface area (Å²) < 4.78 is 29.1. The molecule has 0 aliphatic carbocycles. The summed E-state index contributed by atoms with van der Waals surface area (Å²) in [6.45, 7) is 1.84. The first kappa shape index (κ1) is 25.7. The summed E-state index contributed by atoms with van der Waals surface area (Å²) in [7, 11) is 0. The molecule has 2 heterocycles. The van der Waals surface area contributed by atoms with Gasteiger partial charge < -0.3 is 9.88 Å². The second kappa shape index (κ2) is 10.4. The number of anilines is 1. The van der Waals surface area contributed by atoms with Gasteiger partial charge in [-0.2, -0.15) is 0 Å². The van der Waals surface area contributed by atoms with Crippen molar-refractivity contribution in [3.8, 4) is 0 Å². The highest BCUT2D eigenvalue weighted by Gasteiger charge is 2.36. The van der Waals surface area contributed by atoms with Crippen molar-refractivity contribution in [1.29, 1.82) is 0 Å². The van der Waals surface area contributed by atoms with Crippen LogP contribution in [0.5, 0.6) is 0 Å². The molecule has 1 aliphatic rings. The van der Waals surface area contributed by atoms with Gasteiger partial charge >= 0.3 is 0 Å². The number of carbonyl (C=O) groups excluding carboxylic acids is 3. The maximum atomic E-state index is 13.9. The van der Waals surface area contributed by atoms with Gasteiger partial charge in [-0.05, 0) is 54.6 Å². The molecule has 0 unspecified atom stereocenters. The molecule has 0 saturated carbocycles. The molecule has 1 N–H and O–H groups in total. The number of benzene rings is 3. The lowest BCUT2D eigenvalue weighted by Crippen LogP contribution is -2.36. The first-order valence-electron chi connectivity index (χ1n) is 11.5. The smallest absolute Gasteiger partial charge is 0.294 e. The summed E-state index contributed by atoms with van der Waals surface area (Å²) in [5.41, 5.74) is 3.28. The maximum Gasteiger partial charge on any atom is 0.294 e. The van der Waals surface area contributed by atoms with Gasteiger partial charge in [-0.1, -0.05) is 48.0 Å². The molecule has 3 amide bonds. The average molecular weight is 552 g/mol. The lowest BCUT2D eigenvalue weighted by Gasteiger charge is -2.12. The van der Waals surface area contributed by atoms with Crippen LogP contribution in [-0.4, -0.2) is 33.1 Å². The zero-order valence-electron chi connectivity index (χ0n) is 20.0. The zero-order chi connectivity index (χ0) is 27.0. The Balaban J connectivity index is 1.42. The van der Waals surface area contributed by atoms with Gasteiger partial charge in [0.1, 0.15) is 18.2 Å². The largest absolute Gasteiger partial charge is 0.340 e. The van der Waals surface area contributed by atoms with Crippen LogP contribution >= 0.6 is 23.4 Å². The fourth-order valence-corrected chi connectivity index (χ4v) is 5.35. The minimum atomic E-state index is -0.962. The van der Waals surface area contributed by atoms with Crippen LogP contribution in [0, 0.1) is 18.6 Å². The van der Waals surface area contributed by atoms with Crippen LogP contribution in [0.15, 0.2) is 71.6 Å². The molecule has 1 aromatic heterocycles. The number of halogens is 3. The number of rotatable bonds is 6. The quantitative estimate of drug-likeness (QED) is 0.274. The van der Waals surface area contributed by atoms with E-state index in [9.17, 15) is 23.2 Å². The zero-order valence-corrected chi connectivity index (χ0v) is 21.6. The van der Waals surface area contributed by atoms with E-state index in [0.29, 0.717) is 17.6 Å². The SMILES string of the molecule is Cc1c(/C=C2\SC(=O)N(CC(=O)Nc3ccc(F)cc3F)C2=O)c2ccccc2n1Cc1ccccc1Cl. The van der Waals surface area contributed by atoms with Crippen molar-refractivity contribution in [2.75, 3.05) is 11.9 Å². The van der Waals surface area contributed by atoms with Gasteiger partial charge in [-0.25, -0.2) is 8.78 Å². The third-order valence-corrected chi connectivity index (χ3v) is 7.50. The highest BCUT2D eigenvalue weighted by molar-refractivity contribution is 8.18. The van der Waals surface area contributed by atoms with Crippen LogP contribution < -0.4 is 5.32 Å². The Morgan fingerprint density at radius 3 is 2.55 bits per heavy atom. The Morgan fingerprint density at radius 2 is 1.79 bits per heavy atom. The number of thioether (sulfide) groups is 1. The molecule has 3 aromatic carbocycles. The van der Waals surface area contributed by atoms with Crippen LogP contribution in [0.4, 0.5) is 19.3 Å². The first-order valence-corrected chi connectivity index (χ1v) is 12.7. The number of carbonyl (C=O) groups is 3. The van der Waals surface area contributed by atoms with Gasteiger partial charge in [0.2, 0.25) is 5.91 Å². The number of hydrogen-bond acceptors (Lipinski definition) is 4. The fraction of sp³-hybridized carbons (Fsp3) is 0.107. The summed E-state index contributed by atoms with van der Waals surface area (Å²) in [4.78, 5) is 39.1. The first-order chi connectivity index (χ1) is 18.2. The summed E-state index contributed by atoms with van der Waals surface area (Å²) in [6.07, 6.45) is 1.66. The van der Waals surface area contributed by atoms with Crippen molar-refractivity contribution in [1.82, 2.24) is 9.47 Å². The van der Waals surface area contributed by atoms with Gasteiger partial charge in [0, 0.05) is 39.8 Å². The average Bonchev–Trinajstić information content (AvgIpc) is 3.30. The number of para-hydroxylation sites is 1. The predicted octanol–water partition coefficient (Wildman–Crippen LogP) is 6.60. The normalized spacial score (nSPS) is 14.6. The highest BCUT2D eigenvalue weighted by atomic mass is 35.5. The number of nitrogens with zero attached hydrogens (tertiary/aromatic N) is 2. The maximum absolute atomic E-state index is 13.9. The second-order valence-electron chi connectivity index (χ2n) is 8.63. The molecule has 0 spiro atoms. The molecule has 6 nitrogen and oxygen atoms in total. The number of amides is 3. The Kier molecular flexibility index (Phi) is 7.05. The molecule has 0 radical (unpaired) electrons. The Bertz CT molecular complexity index is 1650.